The molecule has 2 N–H and O–H groups in total. The quantitative estimate of drug-likeness (QED) is 0.267. The minimum Gasteiger partial charge on any atom is -0.493 e. The van der Waals surface area contributed by atoms with Gasteiger partial charge in [-0.25, -0.2) is 27.3 Å². The lowest BCUT2D eigenvalue weighted by Gasteiger charge is -2.27. The minimum atomic E-state index is -1.22. The number of pyridine rings is 1. The molecule has 2 atom stereocenters. The van der Waals surface area contributed by atoms with Gasteiger partial charge in [0.05, 0.1) is 13.7 Å². The molecule has 0 aliphatic carbocycles. The van der Waals surface area contributed by atoms with Crippen molar-refractivity contribution in [2.75, 3.05) is 13.7 Å². The summed E-state index contributed by atoms with van der Waals surface area (Å²) in [7, 11) is 1.28. The number of hydrogen-bond acceptors (Lipinski definition) is 7. The van der Waals surface area contributed by atoms with Crippen LogP contribution in [0.1, 0.15) is 48.3 Å². The number of ether oxygens (including phenoxy) is 3. The van der Waals surface area contributed by atoms with Crippen LogP contribution in [0.5, 0.6) is 11.5 Å². The summed E-state index contributed by atoms with van der Waals surface area (Å²) < 4.78 is 71.1. The van der Waals surface area contributed by atoms with Crippen LogP contribution < -0.4 is 20.1 Å². The van der Waals surface area contributed by atoms with Gasteiger partial charge in [0.25, 0.3) is 5.91 Å². The van der Waals surface area contributed by atoms with E-state index in [0.717, 1.165) is 24.3 Å². The van der Waals surface area contributed by atoms with Crippen molar-refractivity contribution in [2.45, 2.75) is 38.8 Å². The molecule has 0 aliphatic rings. The molecular formula is C28H27F4N3O6. The second-order valence-electron chi connectivity index (χ2n) is 8.85. The van der Waals surface area contributed by atoms with Crippen LogP contribution in [0.3, 0.4) is 0 Å². The van der Waals surface area contributed by atoms with Crippen LogP contribution in [0.4, 0.5) is 22.4 Å². The molecule has 0 fully saturated rings. The van der Waals surface area contributed by atoms with Gasteiger partial charge >= 0.3 is 6.16 Å². The average Bonchev–Trinajstić information content (AvgIpc) is 2.87. The molecule has 0 unspecified atom stereocenters. The Morgan fingerprint density at radius 2 is 1.41 bits per heavy atom. The maximum Gasteiger partial charge on any atom is 0.514 e. The summed E-state index contributed by atoms with van der Waals surface area (Å²) in [6, 6.07) is 4.39. The largest absolute Gasteiger partial charge is 0.514 e. The summed E-state index contributed by atoms with van der Waals surface area (Å²) in [6.07, 6.45) is 0.112. The van der Waals surface area contributed by atoms with Crippen LogP contribution >= 0.6 is 0 Å². The number of carbonyl (C=O) groups is 3. The number of methoxy groups -OCH3 is 1. The van der Waals surface area contributed by atoms with Crippen LogP contribution in [0.2, 0.25) is 0 Å². The van der Waals surface area contributed by atoms with E-state index >= 15 is 0 Å². The van der Waals surface area contributed by atoms with Crippen LogP contribution in [0.15, 0.2) is 48.7 Å². The van der Waals surface area contributed by atoms with E-state index in [9.17, 15) is 31.9 Å². The molecule has 2 aromatic carbocycles. The third-order valence-corrected chi connectivity index (χ3v) is 5.85. The van der Waals surface area contributed by atoms with Gasteiger partial charge < -0.3 is 24.8 Å². The van der Waals surface area contributed by atoms with Gasteiger partial charge in [0.1, 0.15) is 29.3 Å². The normalized spacial score (nSPS) is 12.3. The van der Waals surface area contributed by atoms with Gasteiger partial charge in [-0.3, -0.25) is 9.59 Å². The second-order valence-corrected chi connectivity index (χ2v) is 8.85. The van der Waals surface area contributed by atoms with Crippen LogP contribution in [-0.4, -0.2) is 48.8 Å². The molecule has 0 radical (unpaired) electrons. The van der Waals surface area contributed by atoms with E-state index in [2.05, 4.69) is 15.6 Å². The van der Waals surface area contributed by atoms with E-state index in [1.807, 2.05) is 0 Å². The lowest BCUT2D eigenvalue weighted by molar-refractivity contribution is -0.123. The topological polar surface area (TPSA) is 116 Å². The number of benzene rings is 2. The van der Waals surface area contributed by atoms with Crippen LogP contribution in [0.25, 0.3) is 0 Å². The maximum atomic E-state index is 14.1. The lowest BCUT2D eigenvalue weighted by atomic mass is 9.85. The summed E-state index contributed by atoms with van der Waals surface area (Å²) >= 11 is 0. The highest BCUT2D eigenvalue weighted by Gasteiger charge is 2.29. The van der Waals surface area contributed by atoms with E-state index < -0.39 is 59.2 Å². The Morgan fingerprint density at radius 3 is 1.90 bits per heavy atom. The highest BCUT2D eigenvalue weighted by Crippen LogP contribution is 2.32. The number of carbonyl (C=O) groups excluding carboxylic acids is 3. The van der Waals surface area contributed by atoms with Crippen molar-refractivity contribution in [3.63, 3.8) is 0 Å². The molecule has 0 saturated heterocycles. The van der Waals surface area contributed by atoms with Gasteiger partial charge in [0.15, 0.2) is 11.4 Å². The van der Waals surface area contributed by atoms with Crippen molar-refractivity contribution >= 4 is 18.0 Å². The van der Waals surface area contributed by atoms with E-state index in [4.69, 9.17) is 14.2 Å². The summed E-state index contributed by atoms with van der Waals surface area (Å²) in [6.45, 7) is 4.36. The van der Waals surface area contributed by atoms with Gasteiger partial charge in [-0.1, -0.05) is 0 Å². The highest BCUT2D eigenvalue weighted by atomic mass is 19.1. The zero-order valence-electron chi connectivity index (χ0n) is 22.5. The number of halogens is 4. The molecule has 13 heteroatoms. The van der Waals surface area contributed by atoms with Gasteiger partial charge in [-0.15, -0.1) is 0 Å². The minimum absolute atomic E-state index is 0.00331. The van der Waals surface area contributed by atoms with Gasteiger partial charge in [0, 0.05) is 36.4 Å². The van der Waals surface area contributed by atoms with Crippen LogP contribution in [0, 0.1) is 23.3 Å². The molecule has 218 valence electrons. The zero-order chi connectivity index (χ0) is 30.3. The van der Waals surface area contributed by atoms with Crippen molar-refractivity contribution in [1.82, 2.24) is 15.6 Å². The summed E-state index contributed by atoms with van der Waals surface area (Å²) in [5, 5.41) is 5.02. The first-order valence-electron chi connectivity index (χ1n) is 12.3. The molecule has 2 amide bonds. The fourth-order valence-electron chi connectivity index (χ4n) is 4.12. The third-order valence-electron chi connectivity index (χ3n) is 5.85. The Hall–Kier alpha value is -4.68. The predicted octanol–water partition coefficient (Wildman–Crippen LogP) is 4.64. The molecule has 1 aromatic heterocycles. The Morgan fingerprint density at radius 1 is 0.878 bits per heavy atom. The first-order chi connectivity index (χ1) is 19.4. The molecular weight excluding hydrogens is 550 g/mol. The molecule has 41 heavy (non-hydrogen) atoms. The molecule has 1 heterocycles. The van der Waals surface area contributed by atoms with Crippen molar-refractivity contribution in [1.29, 1.82) is 0 Å². The first-order valence-corrected chi connectivity index (χ1v) is 12.3. The molecule has 9 nitrogen and oxygen atoms in total. The standard InChI is InChI=1S/C28H27F4N3O6/c1-5-40-28(38)41-25-22(39-4)6-7-33-24(25)27(37)35-15(3)26(36)34-14(2)23(16-8-18(29)12-19(30)9-16)17-10-20(31)13-21(32)11-17/h6-15,23H,5H2,1-4H3,(H,34,36)(H,35,37)/t14-,15-/m0/s1. The van der Waals surface area contributed by atoms with Crippen molar-refractivity contribution < 1.29 is 46.2 Å². The number of nitrogens with zero attached hydrogens (tertiary/aromatic N) is 1. The van der Waals surface area contributed by atoms with Gasteiger partial charge in [-0.05, 0) is 56.2 Å². The van der Waals surface area contributed by atoms with Crippen molar-refractivity contribution in [2.24, 2.45) is 0 Å². The Balaban J connectivity index is 1.84. The number of hydrogen-bond donors (Lipinski definition) is 2. The third kappa shape index (κ3) is 7.93. The van der Waals surface area contributed by atoms with E-state index in [1.54, 1.807) is 6.92 Å². The lowest BCUT2D eigenvalue weighted by Crippen LogP contribution is -2.49. The second kappa shape index (κ2) is 13.6. The molecule has 3 aromatic rings. The summed E-state index contributed by atoms with van der Waals surface area (Å²) in [5.41, 5.74) is -0.356. The van der Waals surface area contributed by atoms with Crippen molar-refractivity contribution in [3.8, 4) is 11.5 Å². The van der Waals surface area contributed by atoms with Crippen molar-refractivity contribution in [3.05, 3.63) is 88.8 Å². The molecule has 0 aliphatic heterocycles. The van der Waals surface area contributed by atoms with Gasteiger partial charge in [-0.2, -0.15) is 0 Å². The zero-order valence-corrected chi connectivity index (χ0v) is 22.5. The Kier molecular flexibility index (Phi) is 10.2. The summed E-state index contributed by atoms with van der Waals surface area (Å²) in [4.78, 5) is 41.8. The fraction of sp³-hybridized carbons (Fsp3) is 0.286. The Labute approximate surface area is 232 Å². The number of aromatic nitrogens is 1. The monoisotopic (exact) mass is 577 g/mol. The SMILES string of the molecule is CCOC(=O)Oc1c(OC)ccnc1C(=O)N[C@@H](C)C(=O)N[C@@H](C)C(c1cc(F)cc(F)c1)c1cc(F)cc(F)c1. The Bertz CT molecular complexity index is 1350. The van der Waals surface area contributed by atoms with E-state index in [1.165, 1.54) is 33.2 Å². The first kappa shape index (κ1) is 30.9. The maximum absolute atomic E-state index is 14.1. The summed E-state index contributed by atoms with van der Waals surface area (Å²) in [5.74, 6) is -6.78. The molecule has 0 bridgehead atoms. The van der Waals surface area contributed by atoms with E-state index in [0.29, 0.717) is 12.1 Å². The van der Waals surface area contributed by atoms with Crippen LogP contribution in [-0.2, 0) is 9.53 Å². The molecule has 3 rings (SSSR count). The predicted molar refractivity (Wildman–Crippen MR) is 138 cm³/mol. The number of rotatable bonds is 10. The molecule has 0 saturated carbocycles. The van der Waals surface area contributed by atoms with Gasteiger partial charge in [0.2, 0.25) is 11.7 Å². The average molecular weight is 578 g/mol. The van der Waals surface area contributed by atoms with E-state index in [-0.39, 0.29) is 34.9 Å². The molecule has 0 spiro atoms. The smallest absolute Gasteiger partial charge is 0.493 e. The fourth-order valence-corrected chi connectivity index (χ4v) is 4.12. The number of amides is 2. The highest BCUT2D eigenvalue weighted by molar-refractivity contribution is 5.99. The number of nitrogens with one attached hydrogen (secondary N) is 2.